The molecule has 1 unspecified atom stereocenters. The predicted octanol–water partition coefficient (Wildman–Crippen LogP) is 3.85. The van der Waals surface area contributed by atoms with Crippen LogP contribution in [-0.2, 0) is 0 Å². The lowest BCUT2D eigenvalue weighted by Gasteiger charge is -2.30. The third-order valence-electron chi connectivity index (χ3n) is 3.66. The summed E-state index contributed by atoms with van der Waals surface area (Å²) in [6, 6.07) is 0. The number of aryl methyl sites for hydroxylation is 1. The Morgan fingerprint density at radius 3 is 2.95 bits per heavy atom. The van der Waals surface area contributed by atoms with Gasteiger partial charge in [0.05, 0.1) is 16.3 Å². The number of nitrogens with one attached hydrogen (secondary N) is 1. The fourth-order valence-corrected chi connectivity index (χ4v) is 4.41. The minimum Gasteiger partial charge on any atom is -0.365 e. The molecule has 1 aliphatic heterocycles. The van der Waals surface area contributed by atoms with Gasteiger partial charge in [-0.25, -0.2) is 9.97 Å². The second kappa shape index (κ2) is 5.69. The molecular formula is C14H20N4S2. The van der Waals surface area contributed by atoms with Gasteiger partial charge in [0.15, 0.2) is 10.3 Å². The van der Waals surface area contributed by atoms with E-state index in [0.717, 1.165) is 40.7 Å². The molecule has 1 saturated heterocycles. The van der Waals surface area contributed by atoms with Crippen LogP contribution in [0.1, 0.15) is 25.5 Å². The molecule has 0 radical (unpaired) electrons. The fraction of sp³-hybridized carbons (Fsp3) is 0.571. The molecule has 0 amide bonds. The molecule has 2 aromatic rings. The first-order chi connectivity index (χ1) is 9.67. The molecule has 0 bridgehead atoms. The average Bonchev–Trinajstić information content (AvgIpc) is 3.04. The molecule has 1 N–H and O–H groups in total. The molecule has 3 rings (SSSR count). The molecular weight excluding hydrogens is 288 g/mol. The molecule has 2 aromatic heterocycles. The van der Waals surface area contributed by atoms with Crippen molar-refractivity contribution in [3.63, 3.8) is 0 Å². The average molecular weight is 308 g/mol. The summed E-state index contributed by atoms with van der Waals surface area (Å²) in [5.74, 6) is 0.770. The highest BCUT2D eigenvalue weighted by Crippen LogP contribution is 2.37. The minimum atomic E-state index is 0.770. The summed E-state index contributed by atoms with van der Waals surface area (Å²) < 4.78 is 0. The Bertz CT molecular complexity index is 590. The van der Waals surface area contributed by atoms with Crippen molar-refractivity contribution < 1.29 is 0 Å². The maximum Gasteiger partial charge on any atom is 0.186 e. The second-order valence-electron chi connectivity index (χ2n) is 5.39. The van der Waals surface area contributed by atoms with Crippen molar-refractivity contribution in [2.24, 2.45) is 5.92 Å². The Morgan fingerprint density at radius 1 is 1.40 bits per heavy atom. The van der Waals surface area contributed by atoms with E-state index >= 15 is 0 Å². The largest absolute Gasteiger partial charge is 0.365 e. The first-order valence-corrected chi connectivity index (χ1v) is 8.73. The number of nitrogens with zero attached hydrogens (tertiary/aromatic N) is 3. The zero-order valence-corrected chi connectivity index (χ0v) is 13.8. The number of hydrogen-bond acceptors (Lipinski definition) is 6. The van der Waals surface area contributed by atoms with Crippen molar-refractivity contribution in [1.29, 1.82) is 0 Å². The van der Waals surface area contributed by atoms with E-state index in [4.69, 9.17) is 4.98 Å². The maximum atomic E-state index is 4.77. The summed E-state index contributed by atoms with van der Waals surface area (Å²) >= 11 is 3.42. The van der Waals surface area contributed by atoms with Crippen LogP contribution in [0.2, 0.25) is 0 Å². The highest BCUT2D eigenvalue weighted by Gasteiger charge is 2.21. The Labute approximate surface area is 127 Å². The number of anilines is 2. The van der Waals surface area contributed by atoms with Crippen molar-refractivity contribution in [2.75, 3.05) is 30.4 Å². The Balaban J connectivity index is 1.86. The molecule has 0 spiro atoms. The molecule has 0 saturated carbocycles. The van der Waals surface area contributed by atoms with Gasteiger partial charge in [-0.15, -0.1) is 11.3 Å². The molecule has 3 heterocycles. The van der Waals surface area contributed by atoms with Gasteiger partial charge in [0, 0.05) is 25.5 Å². The van der Waals surface area contributed by atoms with Crippen molar-refractivity contribution in [1.82, 2.24) is 9.97 Å². The molecule has 1 atom stereocenters. The van der Waals surface area contributed by atoms with Gasteiger partial charge in [-0.05, 0) is 25.7 Å². The number of thiazole rings is 2. The first kappa shape index (κ1) is 13.8. The smallest absolute Gasteiger partial charge is 0.186 e. The van der Waals surface area contributed by atoms with Gasteiger partial charge < -0.3 is 10.2 Å². The molecule has 4 nitrogen and oxygen atoms in total. The van der Waals surface area contributed by atoms with Gasteiger partial charge >= 0.3 is 0 Å². The summed E-state index contributed by atoms with van der Waals surface area (Å²) in [5.41, 5.74) is 2.14. The van der Waals surface area contributed by atoms with E-state index in [1.165, 1.54) is 17.7 Å². The van der Waals surface area contributed by atoms with E-state index in [2.05, 4.69) is 34.4 Å². The Kier molecular flexibility index (Phi) is 3.94. The topological polar surface area (TPSA) is 41.1 Å². The van der Waals surface area contributed by atoms with Crippen LogP contribution in [0.15, 0.2) is 5.38 Å². The monoisotopic (exact) mass is 308 g/mol. The van der Waals surface area contributed by atoms with E-state index in [-0.39, 0.29) is 0 Å². The second-order valence-corrected chi connectivity index (χ2v) is 7.23. The van der Waals surface area contributed by atoms with Crippen molar-refractivity contribution in [3.05, 3.63) is 11.1 Å². The first-order valence-electron chi connectivity index (χ1n) is 7.03. The van der Waals surface area contributed by atoms with E-state index in [1.54, 1.807) is 22.7 Å². The lowest BCUT2D eigenvalue weighted by Crippen LogP contribution is -2.34. The highest BCUT2D eigenvalue weighted by atomic mass is 32.1. The lowest BCUT2D eigenvalue weighted by atomic mass is 10.0. The fourth-order valence-electron chi connectivity index (χ4n) is 2.61. The van der Waals surface area contributed by atoms with Gasteiger partial charge in [-0.1, -0.05) is 18.3 Å². The van der Waals surface area contributed by atoms with Crippen LogP contribution in [-0.4, -0.2) is 30.1 Å². The number of rotatable bonds is 3. The van der Waals surface area contributed by atoms with Gasteiger partial charge in [0.25, 0.3) is 0 Å². The maximum absolute atomic E-state index is 4.77. The van der Waals surface area contributed by atoms with Crippen molar-refractivity contribution in [3.8, 4) is 10.6 Å². The molecule has 1 fully saturated rings. The summed E-state index contributed by atoms with van der Waals surface area (Å²) in [6.07, 6.45) is 2.61. The van der Waals surface area contributed by atoms with Crippen LogP contribution >= 0.6 is 22.7 Å². The van der Waals surface area contributed by atoms with E-state index in [0.29, 0.717) is 0 Å². The van der Waals surface area contributed by atoms with Gasteiger partial charge in [-0.3, -0.25) is 0 Å². The van der Waals surface area contributed by atoms with Crippen LogP contribution in [0.5, 0.6) is 0 Å². The molecule has 1 aliphatic rings. The zero-order chi connectivity index (χ0) is 14.1. The standard InChI is InChI=1S/C14H20N4S2/c1-9-5-4-6-18(7-9)14-16-10(2)12(20-14)11-8-19-13(15-3)17-11/h8-9H,4-7H2,1-3H3,(H,15,17). The van der Waals surface area contributed by atoms with Crippen molar-refractivity contribution >= 4 is 32.9 Å². The van der Waals surface area contributed by atoms with Crippen LogP contribution in [0, 0.1) is 12.8 Å². The van der Waals surface area contributed by atoms with Gasteiger partial charge in [-0.2, -0.15) is 0 Å². The number of aromatic nitrogens is 2. The summed E-state index contributed by atoms with van der Waals surface area (Å²) in [6.45, 7) is 6.68. The highest BCUT2D eigenvalue weighted by molar-refractivity contribution is 7.19. The molecule has 6 heteroatoms. The van der Waals surface area contributed by atoms with Crippen LogP contribution < -0.4 is 10.2 Å². The third kappa shape index (κ3) is 2.67. The van der Waals surface area contributed by atoms with E-state index < -0.39 is 0 Å². The van der Waals surface area contributed by atoms with Crippen LogP contribution in [0.4, 0.5) is 10.3 Å². The van der Waals surface area contributed by atoms with Crippen molar-refractivity contribution in [2.45, 2.75) is 26.7 Å². The lowest BCUT2D eigenvalue weighted by molar-refractivity contribution is 0.446. The SMILES string of the molecule is CNc1nc(-c2sc(N3CCCC(C)C3)nc2C)cs1. The molecule has 108 valence electrons. The molecule has 0 aliphatic carbocycles. The zero-order valence-electron chi connectivity index (χ0n) is 12.1. The van der Waals surface area contributed by atoms with E-state index in [9.17, 15) is 0 Å². The minimum absolute atomic E-state index is 0.770. The normalized spacial score (nSPS) is 19.4. The van der Waals surface area contributed by atoms with Gasteiger partial charge in [0.2, 0.25) is 0 Å². The summed E-state index contributed by atoms with van der Waals surface area (Å²) in [5, 5.41) is 7.31. The summed E-state index contributed by atoms with van der Waals surface area (Å²) in [7, 11) is 1.91. The number of hydrogen-bond donors (Lipinski definition) is 1. The van der Waals surface area contributed by atoms with Crippen LogP contribution in [0.25, 0.3) is 10.6 Å². The summed E-state index contributed by atoms with van der Waals surface area (Å²) in [4.78, 5) is 13.0. The van der Waals surface area contributed by atoms with Crippen LogP contribution in [0.3, 0.4) is 0 Å². The molecule has 0 aromatic carbocycles. The third-order valence-corrected chi connectivity index (χ3v) is 5.76. The Hall–Kier alpha value is -1.14. The van der Waals surface area contributed by atoms with E-state index in [1.807, 2.05) is 7.05 Å². The predicted molar refractivity (Wildman–Crippen MR) is 88.1 cm³/mol. The number of piperidine rings is 1. The van der Waals surface area contributed by atoms with Gasteiger partial charge in [0.1, 0.15) is 0 Å². The molecule has 20 heavy (non-hydrogen) atoms. The Morgan fingerprint density at radius 2 is 2.25 bits per heavy atom. The quantitative estimate of drug-likeness (QED) is 0.935.